The minimum atomic E-state index is 0.392. The predicted molar refractivity (Wildman–Crippen MR) is 57.3 cm³/mol. The normalized spacial score (nSPS) is 9.53. The second-order valence-corrected chi connectivity index (χ2v) is 3.79. The molecular formula is C11H7N3S. The highest BCUT2D eigenvalue weighted by Gasteiger charge is 2.00. The fourth-order valence-corrected chi connectivity index (χ4v) is 1.81. The first-order valence-electron chi connectivity index (χ1n) is 4.34. The molecule has 0 amide bonds. The van der Waals surface area contributed by atoms with E-state index in [0.717, 1.165) is 4.90 Å². The maximum Gasteiger partial charge on any atom is 0.193 e. The van der Waals surface area contributed by atoms with Gasteiger partial charge in [-0.3, -0.25) is 0 Å². The summed E-state index contributed by atoms with van der Waals surface area (Å²) in [6.07, 6.45) is 1.59. The fraction of sp³-hybridized carbons (Fsp3) is 0. The van der Waals surface area contributed by atoms with Crippen LogP contribution in [-0.4, -0.2) is 9.97 Å². The van der Waals surface area contributed by atoms with Crippen molar-refractivity contribution in [1.29, 1.82) is 5.26 Å². The van der Waals surface area contributed by atoms with Crippen LogP contribution in [0.15, 0.2) is 52.6 Å². The highest BCUT2D eigenvalue weighted by atomic mass is 32.2. The molecule has 2 aromatic rings. The molecule has 0 bridgehead atoms. The summed E-state index contributed by atoms with van der Waals surface area (Å²) in [6.45, 7) is 0. The van der Waals surface area contributed by atoms with Crippen LogP contribution >= 0.6 is 11.8 Å². The van der Waals surface area contributed by atoms with E-state index in [-0.39, 0.29) is 0 Å². The first-order valence-corrected chi connectivity index (χ1v) is 5.16. The molecule has 1 aromatic carbocycles. The molecule has 0 spiro atoms. The van der Waals surface area contributed by atoms with Crippen LogP contribution in [0.2, 0.25) is 0 Å². The molecule has 0 N–H and O–H groups in total. The van der Waals surface area contributed by atoms with Gasteiger partial charge in [0, 0.05) is 11.1 Å². The van der Waals surface area contributed by atoms with E-state index in [9.17, 15) is 0 Å². The van der Waals surface area contributed by atoms with Crippen LogP contribution in [0.25, 0.3) is 0 Å². The summed E-state index contributed by atoms with van der Waals surface area (Å²) < 4.78 is 0. The topological polar surface area (TPSA) is 49.6 Å². The van der Waals surface area contributed by atoms with E-state index in [0.29, 0.717) is 10.9 Å². The Kier molecular flexibility index (Phi) is 2.96. The zero-order valence-corrected chi connectivity index (χ0v) is 8.61. The SMILES string of the molecule is N#Cc1ccnc(Sc2ccccc2)n1. The van der Waals surface area contributed by atoms with Crippen molar-refractivity contribution in [3.8, 4) is 6.07 Å². The summed E-state index contributed by atoms with van der Waals surface area (Å²) in [5.74, 6) is 0. The van der Waals surface area contributed by atoms with E-state index in [2.05, 4.69) is 9.97 Å². The van der Waals surface area contributed by atoms with Crippen molar-refractivity contribution in [3.05, 3.63) is 48.3 Å². The second-order valence-electron chi connectivity index (χ2n) is 2.75. The third-order valence-electron chi connectivity index (χ3n) is 1.70. The lowest BCUT2D eigenvalue weighted by molar-refractivity contribution is 0.952. The van der Waals surface area contributed by atoms with E-state index < -0.39 is 0 Å². The number of aromatic nitrogens is 2. The Morgan fingerprint density at radius 1 is 1.13 bits per heavy atom. The van der Waals surface area contributed by atoms with Crippen molar-refractivity contribution in [2.45, 2.75) is 10.1 Å². The lowest BCUT2D eigenvalue weighted by Gasteiger charge is -1.98. The summed E-state index contributed by atoms with van der Waals surface area (Å²) in [6, 6.07) is 13.4. The molecule has 15 heavy (non-hydrogen) atoms. The number of hydrogen-bond acceptors (Lipinski definition) is 4. The van der Waals surface area contributed by atoms with Gasteiger partial charge in [-0.05, 0) is 30.0 Å². The average Bonchev–Trinajstić information content (AvgIpc) is 2.31. The molecule has 0 atom stereocenters. The Hall–Kier alpha value is -1.86. The zero-order chi connectivity index (χ0) is 10.5. The van der Waals surface area contributed by atoms with Gasteiger partial charge in [0.2, 0.25) is 0 Å². The van der Waals surface area contributed by atoms with Crippen molar-refractivity contribution in [2.75, 3.05) is 0 Å². The monoisotopic (exact) mass is 213 g/mol. The maximum absolute atomic E-state index is 8.68. The molecule has 0 unspecified atom stereocenters. The summed E-state index contributed by atoms with van der Waals surface area (Å²) in [4.78, 5) is 9.22. The Labute approximate surface area is 91.8 Å². The Morgan fingerprint density at radius 3 is 2.67 bits per heavy atom. The van der Waals surface area contributed by atoms with Crippen molar-refractivity contribution < 1.29 is 0 Å². The fourth-order valence-electron chi connectivity index (χ4n) is 1.05. The van der Waals surface area contributed by atoms with Crippen LogP contribution in [0.5, 0.6) is 0 Å². The van der Waals surface area contributed by atoms with Gasteiger partial charge in [0.05, 0.1) is 0 Å². The molecule has 0 radical (unpaired) electrons. The molecule has 1 heterocycles. The molecule has 4 heteroatoms. The lowest BCUT2D eigenvalue weighted by Crippen LogP contribution is -1.88. The van der Waals surface area contributed by atoms with Crippen molar-refractivity contribution >= 4 is 11.8 Å². The third-order valence-corrected chi connectivity index (χ3v) is 2.59. The van der Waals surface area contributed by atoms with E-state index in [4.69, 9.17) is 5.26 Å². The van der Waals surface area contributed by atoms with Crippen molar-refractivity contribution in [3.63, 3.8) is 0 Å². The van der Waals surface area contributed by atoms with Crippen LogP contribution in [0.4, 0.5) is 0 Å². The summed E-state index contributed by atoms with van der Waals surface area (Å²) in [5.41, 5.74) is 0.392. The quantitative estimate of drug-likeness (QED) is 0.719. The number of nitriles is 1. The molecule has 0 aliphatic rings. The zero-order valence-electron chi connectivity index (χ0n) is 7.79. The summed E-state index contributed by atoms with van der Waals surface area (Å²) >= 11 is 1.44. The first-order chi connectivity index (χ1) is 7.38. The van der Waals surface area contributed by atoms with Gasteiger partial charge in [-0.15, -0.1) is 0 Å². The van der Waals surface area contributed by atoms with E-state index in [1.165, 1.54) is 11.8 Å². The highest BCUT2D eigenvalue weighted by Crippen LogP contribution is 2.23. The number of benzene rings is 1. The van der Waals surface area contributed by atoms with Gasteiger partial charge in [0.1, 0.15) is 11.8 Å². The van der Waals surface area contributed by atoms with Crippen molar-refractivity contribution in [2.24, 2.45) is 0 Å². The molecule has 1 aromatic heterocycles. The summed E-state index contributed by atoms with van der Waals surface area (Å²) in [5, 5.41) is 9.28. The van der Waals surface area contributed by atoms with Crippen LogP contribution in [0, 0.1) is 11.3 Å². The lowest BCUT2D eigenvalue weighted by atomic mass is 10.4. The molecule has 72 valence electrons. The van der Waals surface area contributed by atoms with Crippen LogP contribution in [0.3, 0.4) is 0 Å². The van der Waals surface area contributed by atoms with E-state index >= 15 is 0 Å². The van der Waals surface area contributed by atoms with Gasteiger partial charge in [-0.2, -0.15) is 5.26 Å². The highest BCUT2D eigenvalue weighted by molar-refractivity contribution is 7.99. The number of rotatable bonds is 2. The minimum absolute atomic E-state index is 0.392. The molecule has 0 aliphatic carbocycles. The van der Waals surface area contributed by atoms with Gasteiger partial charge >= 0.3 is 0 Å². The van der Waals surface area contributed by atoms with Gasteiger partial charge in [0.25, 0.3) is 0 Å². The van der Waals surface area contributed by atoms with Gasteiger partial charge in [0.15, 0.2) is 5.16 Å². The van der Waals surface area contributed by atoms with E-state index in [1.807, 2.05) is 36.4 Å². The van der Waals surface area contributed by atoms with Crippen LogP contribution in [-0.2, 0) is 0 Å². The standard InChI is InChI=1S/C11H7N3S/c12-8-9-6-7-13-11(14-9)15-10-4-2-1-3-5-10/h1-7H. The second kappa shape index (κ2) is 4.58. The number of nitrogens with zero attached hydrogens (tertiary/aromatic N) is 3. The number of hydrogen-bond donors (Lipinski definition) is 0. The van der Waals surface area contributed by atoms with Gasteiger partial charge < -0.3 is 0 Å². The minimum Gasteiger partial charge on any atom is -0.231 e. The first kappa shape index (κ1) is 9.69. The largest absolute Gasteiger partial charge is 0.231 e. The van der Waals surface area contributed by atoms with Crippen LogP contribution < -0.4 is 0 Å². The molecule has 0 saturated carbocycles. The summed E-state index contributed by atoms with van der Waals surface area (Å²) in [7, 11) is 0. The molecule has 2 rings (SSSR count). The van der Waals surface area contributed by atoms with Crippen LogP contribution in [0.1, 0.15) is 5.69 Å². The van der Waals surface area contributed by atoms with Gasteiger partial charge in [-0.1, -0.05) is 18.2 Å². The van der Waals surface area contributed by atoms with Gasteiger partial charge in [-0.25, -0.2) is 9.97 Å². The Bertz CT molecular complexity index is 491. The molecule has 3 nitrogen and oxygen atoms in total. The van der Waals surface area contributed by atoms with Crippen molar-refractivity contribution in [1.82, 2.24) is 9.97 Å². The third kappa shape index (κ3) is 2.55. The smallest absolute Gasteiger partial charge is 0.193 e. The molecule has 0 fully saturated rings. The molecule has 0 saturated heterocycles. The van der Waals surface area contributed by atoms with E-state index in [1.54, 1.807) is 12.3 Å². The average molecular weight is 213 g/mol. The molecule has 0 aliphatic heterocycles. The maximum atomic E-state index is 8.68. The Balaban J connectivity index is 2.22. The predicted octanol–water partition coefficient (Wildman–Crippen LogP) is 2.50. The Morgan fingerprint density at radius 2 is 1.93 bits per heavy atom. The molecular weight excluding hydrogens is 206 g/mol.